The van der Waals surface area contributed by atoms with E-state index in [9.17, 15) is 4.79 Å². The molecular weight excluding hydrogens is 242 g/mol. The van der Waals surface area contributed by atoms with Crippen molar-refractivity contribution in [3.8, 4) is 0 Å². The van der Waals surface area contributed by atoms with Gasteiger partial charge in [0, 0.05) is 19.0 Å². The molecule has 0 aliphatic rings. The smallest absolute Gasteiger partial charge is 0.222 e. The molecule has 1 amide bonds. The molecule has 6 nitrogen and oxygen atoms in total. The van der Waals surface area contributed by atoms with Crippen molar-refractivity contribution >= 4 is 16.9 Å². The van der Waals surface area contributed by atoms with Crippen LogP contribution in [0.2, 0.25) is 0 Å². The fraction of sp³-hybridized carbons (Fsp3) is 0.615. The molecule has 2 heterocycles. The van der Waals surface area contributed by atoms with Crippen LogP contribution in [0.3, 0.4) is 0 Å². The van der Waals surface area contributed by atoms with Crippen molar-refractivity contribution in [1.82, 2.24) is 24.9 Å². The average Bonchev–Trinajstić information content (AvgIpc) is 2.77. The van der Waals surface area contributed by atoms with Crippen LogP contribution in [0, 0.1) is 6.92 Å². The third-order valence-corrected chi connectivity index (χ3v) is 2.88. The molecule has 0 saturated carbocycles. The molecule has 0 atom stereocenters. The van der Waals surface area contributed by atoms with Crippen molar-refractivity contribution in [2.45, 2.75) is 46.2 Å². The Labute approximate surface area is 112 Å². The predicted molar refractivity (Wildman–Crippen MR) is 73.7 cm³/mol. The first-order valence-electron chi connectivity index (χ1n) is 6.44. The van der Waals surface area contributed by atoms with Crippen LogP contribution in [0.4, 0.5) is 0 Å². The van der Waals surface area contributed by atoms with E-state index < -0.39 is 0 Å². The number of nitrogens with zero attached hydrogens (tertiary/aromatic N) is 4. The Morgan fingerprint density at radius 3 is 2.74 bits per heavy atom. The van der Waals surface area contributed by atoms with E-state index in [-0.39, 0.29) is 11.4 Å². The zero-order valence-corrected chi connectivity index (χ0v) is 12.2. The van der Waals surface area contributed by atoms with E-state index in [0.29, 0.717) is 13.0 Å². The van der Waals surface area contributed by atoms with Crippen LogP contribution >= 0.6 is 0 Å². The molecule has 6 heteroatoms. The normalized spacial score (nSPS) is 12.1. The summed E-state index contributed by atoms with van der Waals surface area (Å²) >= 11 is 0. The first kappa shape index (κ1) is 13.6. The van der Waals surface area contributed by atoms with Crippen molar-refractivity contribution < 1.29 is 4.79 Å². The number of carbonyl (C=O) groups excluding carboxylic acids is 1. The van der Waals surface area contributed by atoms with Gasteiger partial charge in [0.25, 0.3) is 0 Å². The predicted octanol–water partition coefficient (Wildman–Crippen LogP) is 1.38. The summed E-state index contributed by atoms with van der Waals surface area (Å²) in [7, 11) is 1.90. The van der Waals surface area contributed by atoms with E-state index in [0.717, 1.165) is 16.7 Å². The topological polar surface area (TPSA) is 64.7 Å². The highest BCUT2D eigenvalue weighted by molar-refractivity contribution is 5.79. The summed E-state index contributed by atoms with van der Waals surface area (Å²) in [5, 5.41) is 11.6. The lowest BCUT2D eigenvalue weighted by atomic mass is 10.1. The molecule has 0 aromatic carbocycles. The van der Waals surface area contributed by atoms with Crippen molar-refractivity contribution in [3.05, 3.63) is 11.9 Å². The van der Waals surface area contributed by atoms with Gasteiger partial charge in [-0.05, 0) is 27.7 Å². The summed E-state index contributed by atoms with van der Waals surface area (Å²) in [6.07, 6.45) is 2.21. The third kappa shape index (κ3) is 2.94. The summed E-state index contributed by atoms with van der Waals surface area (Å²) < 4.78 is 3.66. The number of aromatic nitrogens is 4. The lowest BCUT2D eigenvalue weighted by Crippen LogP contribution is -2.40. The second kappa shape index (κ2) is 4.68. The molecule has 2 rings (SSSR count). The van der Waals surface area contributed by atoms with Crippen LogP contribution in [0.25, 0.3) is 11.0 Å². The van der Waals surface area contributed by atoms with Crippen molar-refractivity contribution in [1.29, 1.82) is 0 Å². The Hall–Kier alpha value is -1.85. The van der Waals surface area contributed by atoms with E-state index >= 15 is 0 Å². The molecule has 0 aliphatic carbocycles. The SMILES string of the molecule is Cc1nn(C)c2cnn(CCC(=O)NC(C)(C)C)c12. The third-order valence-electron chi connectivity index (χ3n) is 2.88. The number of hydrogen-bond donors (Lipinski definition) is 1. The zero-order chi connectivity index (χ0) is 14.2. The van der Waals surface area contributed by atoms with E-state index in [1.165, 1.54) is 0 Å². The first-order valence-corrected chi connectivity index (χ1v) is 6.44. The number of aryl methyl sites for hydroxylation is 3. The minimum atomic E-state index is -0.194. The number of hydrogen-bond acceptors (Lipinski definition) is 3. The lowest BCUT2D eigenvalue weighted by molar-refractivity contribution is -0.122. The molecule has 19 heavy (non-hydrogen) atoms. The highest BCUT2D eigenvalue weighted by Crippen LogP contribution is 2.16. The van der Waals surface area contributed by atoms with Crippen LogP contribution in [-0.4, -0.2) is 31.0 Å². The molecule has 0 bridgehead atoms. The standard InChI is InChI=1S/C13H21N5O/c1-9-12-10(17(5)16-9)8-14-18(12)7-6-11(19)15-13(2,3)4/h8H,6-7H2,1-5H3,(H,15,19). The van der Waals surface area contributed by atoms with Gasteiger partial charge in [-0.15, -0.1) is 0 Å². The molecule has 0 unspecified atom stereocenters. The van der Waals surface area contributed by atoms with E-state index in [1.54, 1.807) is 6.20 Å². The highest BCUT2D eigenvalue weighted by atomic mass is 16.1. The second-order valence-electron chi connectivity index (χ2n) is 5.86. The van der Waals surface area contributed by atoms with Crippen LogP contribution in [0.5, 0.6) is 0 Å². The summed E-state index contributed by atoms with van der Waals surface area (Å²) in [5.74, 6) is 0.0395. The van der Waals surface area contributed by atoms with Gasteiger partial charge >= 0.3 is 0 Å². The van der Waals surface area contributed by atoms with Gasteiger partial charge in [-0.25, -0.2) is 0 Å². The molecule has 2 aromatic heterocycles. The minimum absolute atomic E-state index is 0.0395. The quantitative estimate of drug-likeness (QED) is 0.910. The number of nitrogens with one attached hydrogen (secondary N) is 1. The van der Waals surface area contributed by atoms with Gasteiger partial charge in [0.1, 0.15) is 11.0 Å². The molecular formula is C13H21N5O. The summed E-state index contributed by atoms with van der Waals surface area (Å²) in [5.41, 5.74) is 2.74. The number of carbonyl (C=O) groups is 1. The van der Waals surface area contributed by atoms with Crippen LogP contribution < -0.4 is 5.32 Å². The van der Waals surface area contributed by atoms with Gasteiger partial charge in [-0.3, -0.25) is 14.2 Å². The maximum absolute atomic E-state index is 11.8. The maximum atomic E-state index is 11.8. The zero-order valence-electron chi connectivity index (χ0n) is 12.2. The Morgan fingerprint density at radius 1 is 1.42 bits per heavy atom. The van der Waals surface area contributed by atoms with Gasteiger partial charge in [0.15, 0.2) is 0 Å². The number of amides is 1. The van der Waals surface area contributed by atoms with E-state index in [1.807, 2.05) is 44.1 Å². The lowest BCUT2D eigenvalue weighted by Gasteiger charge is -2.20. The second-order valence-corrected chi connectivity index (χ2v) is 5.86. The van der Waals surface area contributed by atoms with Crippen LogP contribution in [0.1, 0.15) is 32.9 Å². The van der Waals surface area contributed by atoms with E-state index in [4.69, 9.17) is 0 Å². The number of fused-ring (bicyclic) bond motifs is 1. The van der Waals surface area contributed by atoms with Crippen molar-refractivity contribution in [2.75, 3.05) is 0 Å². The van der Waals surface area contributed by atoms with Crippen LogP contribution in [0.15, 0.2) is 6.20 Å². The van der Waals surface area contributed by atoms with Crippen molar-refractivity contribution in [3.63, 3.8) is 0 Å². The van der Waals surface area contributed by atoms with Gasteiger partial charge in [0.05, 0.1) is 18.4 Å². The molecule has 0 aliphatic heterocycles. The first-order chi connectivity index (χ1) is 8.78. The number of rotatable bonds is 3. The Kier molecular flexibility index (Phi) is 3.34. The van der Waals surface area contributed by atoms with Crippen molar-refractivity contribution in [2.24, 2.45) is 7.05 Å². The summed E-state index contributed by atoms with van der Waals surface area (Å²) in [6, 6.07) is 0. The molecule has 104 valence electrons. The van der Waals surface area contributed by atoms with Gasteiger partial charge in [-0.1, -0.05) is 0 Å². The molecule has 0 radical (unpaired) electrons. The fourth-order valence-electron chi connectivity index (χ4n) is 2.17. The Bertz CT molecular complexity index is 602. The molecule has 0 spiro atoms. The van der Waals surface area contributed by atoms with Gasteiger partial charge in [0.2, 0.25) is 5.91 Å². The fourth-order valence-corrected chi connectivity index (χ4v) is 2.17. The summed E-state index contributed by atoms with van der Waals surface area (Å²) in [6.45, 7) is 8.44. The minimum Gasteiger partial charge on any atom is -0.351 e. The molecule has 0 fully saturated rings. The maximum Gasteiger partial charge on any atom is 0.222 e. The molecule has 0 saturated heterocycles. The Morgan fingerprint density at radius 2 is 2.11 bits per heavy atom. The Balaban J connectivity index is 2.08. The summed E-state index contributed by atoms with van der Waals surface area (Å²) in [4.78, 5) is 11.8. The molecule has 1 N–H and O–H groups in total. The average molecular weight is 263 g/mol. The molecule has 2 aromatic rings. The largest absolute Gasteiger partial charge is 0.351 e. The van der Waals surface area contributed by atoms with Gasteiger partial charge < -0.3 is 5.32 Å². The van der Waals surface area contributed by atoms with Gasteiger partial charge in [-0.2, -0.15) is 10.2 Å². The monoisotopic (exact) mass is 263 g/mol. The van der Waals surface area contributed by atoms with E-state index in [2.05, 4.69) is 15.5 Å². The van der Waals surface area contributed by atoms with Crippen LogP contribution in [-0.2, 0) is 18.4 Å². The highest BCUT2D eigenvalue weighted by Gasteiger charge is 2.15.